The van der Waals surface area contributed by atoms with Gasteiger partial charge in [-0.3, -0.25) is 0 Å². The van der Waals surface area contributed by atoms with Crippen molar-refractivity contribution in [2.24, 2.45) is 0 Å². The number of hydrogen-bond acceptors (Lipinski definition) is 5. The molecule has 0 aliphatic carbocycles. The molecular weight excluding hydrogens is 371 g/mol. The fourth-order valence-corrected chi connectivity index (χ4v) is 2.40. The van der Waals surface area contributed by atoms with Gasteiger partial charge in [0.05, 0.1) is 17.7 Å². The van der Waals surface area contributed by atoms with Gasteiger partial charge in [0.15, 0.2) is 22.6 Å². The van der Waals surface area contributed by atoms with Crippen LogP contribution in [0.15, 0.2) is 24.5 Å². The third-order valence-electron chi connectivity index (χ3n) is 3.85. The van der Waals surface area contributed by atoms with E-state index in [-0.39, 0.29) is 22.9 Å². The first-order valence-corrected chi connectivity index (χ1v) is 7.93. The first-order valence-electron chi connectivity index (χ1n) is 7.56. The first-order chi connectivity index (χ1) is 12.3. The van der Waals surface area contributed by atoms with E-state index in [4.69, 9.17) is 11.6 Å². The van der Waals surface area contributed by atoms with Gasteiger partial charge in [-0.15, -0.1) is 5.10 Å². The first kappa shape index (κ1) is 18.3. The van der Waals surface area contributed by atoms with E-state index in [1.165, 1.54) is 17.7 Å². The van der Waals surface area contributed by atoms with Gasteiger partial charge in [-0.25, -0.2) is 32.8 Å². The number of rotatable bonds is 4. The maximum atomic E-state index is 14.4. The number of aliphatic hydroxyl groups is 1. The second-order valence-electron chi connectivity index (χ2n) is 5.64. The Morgan fingerprint density at radius 1 is 1.15 bits per heavy atom. The molecule has 6 nitrogen and oxygen atoms in total. The van der Waals surface area contributed by atoms with Crippen LogP contribution in [0.1, 0.15) is 19.9 Å². The van der Waals surface area contributed by atoms with E-state index < -0.39 is 34.8 Å². The highest BCUT2D eigenvalue weighted by atomic mass is 35.5. The van der Waals surface area contributed by atoms with Crippen molar-refractivity contribution in [3.8, 4) is 22.9 Å². The Hall–Kier alpha value is -2.52. The maximum Gasteiger partial charge on any atom is 0.189 e. The summed E-state index contributed by atoms with van der Waals surface area (Å²) >= 11 is 5.69. The van der Waals surface area contributed by atoms with Crippen LogP contribution >= 0.6 is 11.6 Å². The molecule has 3 rings (SSSR count). The van der Waals surface area contributed by atoms with Gasteiger partial charge in [0.1, 0.15) is 23.7 Å². The predicted molar refractivity (Wildman–Crippen MR) is 87.8 cm³/mol. The molecule has 1 N–H and O–H groups in total. The highest BCUT2D eigenvalue weighted by Gasteiger charge is 2.25. The standard InChI is InChI=1S/C16H13ClF3N5O/c1-7(8(2)26)25-16(13-12(20)14(17)22-6-21-13)23-15(24-25)10-4-3-9(18)5-11(10)19/h3-8,26H,1-2H3. The zero-order valence-corrected chi connectivity index (χ0v) is 14.4. The normalized spacial score (nSPS) is 13.7. The number of hydrogen-bond donors (Lipinski definition) is 1. The van der Waals surface area contributed by atoms with Crippen LogP contribution in [-0.2, 0) is 0 Å². The quantitative estimate of drug-likeness (QED) is 0.699. The topological polar surface area (TPSA) is 76.7 Å². The average Bonchev–Trinajstić information content (AvgIpc) is 3.01. The lowest BCUT2D eigenvalue weighted by Crippen LogP contribution is -2.20. The third-order valence-corrected chi connectivity index (χ3v) is 4.11. The van der Waals surface area contributed by atoms with Crippen molar-refractivity contribution in [1.29, 1.82) is 0 Å². The SMILES string of the molecule is CC(O)C(C)n1nc(-c2ccc(F)cc2F)nc1-c1ncnc(Cl)c1F. The minimum Gasteiger partial charge on any atom is -0.391 e. The van der Waals surface area contributed by atoms with Gasteiger partial charge in [-0.1, -0.05) is 11.6 Å². The van der Waals surface area contributed by atoms with E-state index in [9.17, 15) is 18.3 Å². The van der Waals surface area contributed by atoms with Crippen LogP contribution in [0.25, 0.3) is 22.9 Å². The summed E-state index contributed by atoms with van der Waals surface area (Å²) in [6.45, 7) is 3.13. The molecule has 136 valence electrons. The number of halogens is 4. The molecule has 0 spiro atoms. The number of benzene rings is 1. The summed E-state index contributed by atoms with van der Waals surface area (Å²) in [6, 6.07) is 2.28. The van der Waals surface area contributed by atoms with Crippen LogP contribution in [-0.4, -0.2) is 35.9 Å². The second-order valence-corrected chi connectivity index (χ2v) is 5.99. The lowest BCUT2D eigenvalue weighted by molar-refractivity contribution is 0.133. The van der Waals surface area contributed by atoms with E-state index in [1.54, 1.807) is 6.92 Å². The minimum atomic E-state index is -0.924. The van der Waals surface area contributed by atoms with Crippen molar-refractivity contribution in [2.75, 3.05) is 0 Å². The van der Waals surface area contributed by atoms with Gasteiger partial charge >= 0.3 is 0 Å². The summed E-state index contributed by atoms with van der Waals surface area (Å²) in [7, 11) is 0. The van der Waals surface area contributed by atoms with Crippen molar-refractivity contribution in [1.82, 2.24) is 24.7 Å². The fraction of sp³-hybridized carbons (Fsp3) is 0.250. The molecule has 0 fully saturated rings. The molecule has 10 heteroatoms. The van der Waals surface area contributed by atoms with Crippen molar-refractivity contribution < 1.29 is 18.3 Å². The lowest BCUT2D eigenvalue weighted by Gasteiger charge is -2.17. The van der Waals surface area contributed by atoms with Crippen molar-refractivity contribution in [2.45, 2.75) is 26.0 Å². The highest BCUT2D eigenvalue weighted by molar-refractivity contribution is 6.29. The minimum absolute atomic E-state index is 0.0704. The fourth-order valence-electron chi connectivity index (χ4n) is 2.26. The van der Waals surface area contributed by atoms with Crippen LogP contribution in [0.5, 0.6) is 0 Å². The molecule has 26 heavy (non-hydrogen) atoms. The Morgan fingerprint density at radius 3 is 2.54 bits per heavy atom. The Kier molecular flexibility index (Phi) is 4.92. The Morgan fingerprint density at radius 2 is 1.88 bits per heavy atom. The van der Waals surface area contributed by atoms with Gasteiger partial charge in [0.2, 0.25) is 0 Å². The number of nitrogens with zero attached hydrogens (tertiary/aromatic N) is 5. The summed E-state index contributed by atoms with van der Waals surface area (Å²) in [4.78, 5) is 11.5. The predicted octanol–water partition coefficient (Wildman–Crippen LogP) is 3.41. The summed E-state index contributed by atoms with van der Waals surface area (Å²) in [6.07, 6.45) is 0.173. The van der Waals surface area contributed by atoms with Crippen molar-refractivity contribution in [3.63, 3.8) is 0 Å². The molecule has 0 amide bonds. The average molecular weight is 384 g/mol. The zero-order chi connectivity index (χ0) is 19.0. The van der Waals surface area contributed by atoms with Crippen LogP contribution in [0.2, 0.25) is 5.15 Å². The van der Waals surface area contributed by atoms with E-state index in [1.807, 2.05) is 0 Å². The Labute approximate surface area is 151 Å². The molecule has 2 atom stereocenters. The highest BCUT2D eigenvalue weighted by Crippen LogP contribution is 2.29. The molecule has 2 unspecified atom stereocenters. The summed E-state index contributed by atoms with van der Waals surface area (Å²) < 4.78 is 42.8. The Bertz CT molecular complexity index is 963. The Balaban J connectivity index is 2.23. The lowest BCUT2D eigenvalue weighted by atomic mass is 10.2. The molecule has 0 aliphatic rings. The van der Waals surface area contributed by atoms with Crippen LogP contribution in [0, 0.1) is 17.5 Å². The molecule has 0 radical (unpaired) electrons. The van der Waals surface area contributed by atoms with Crippen LogP contribution in [0.4, 0.5) is 13.2 Å². The number of aromatic nitrogens is 5. The van der Waals surface area contributed by atoms with E-state index in [0.717, 1.165) is 12.4 Å². The molecule has 3 aromatic rings. The molecule has 2 heterocycles. The molecule has 0 saturated carbocycles. The van der Waals surface area contributed by atoms with Gasteiger partial charge in [-0.2, -0.15) is 0 Å². The smallest absolute Gasteiger partial charge is 0.189 e. The zero-order valence-electron chi connectivity index (χ0n) is 13.7. The van der Waals surface area contributed by atoms with Crippen molar-refractivity contribution >= 4 is 11.6 Å². The summed E-state index contributed by atoms with van der Waals surface area (Å²) in [5.41, 5.74) is -0.330. The summed E-state index contributed by atoms with van der Waals surface area (Å²) in [5.74, 6) is -2.73. The summed E-state index contributed by atoms with van der Waals surface area (Å²) in [5, 5.41) is 13.6. The molecular formula is C16H13ClF3N5O. The van der Waals surface area contributed by atoms with Crippen LogP contribution in [0.3, 0.4) is 0 Å². The van der Waals surface area contributed by atoms with Crippen LogP contribution < -0.4 is 0 Å². The molecule has 2 aromatic heterocycles. The van der Waals surface area contributed by atoms with Gasteiger partial charge < -0.3 is 5.11 Å². The van der Waals surface area contributed by atoms with E-state index in [0.29, 0.717) is 6.07 Å². The monoisotopic (exact) mass is 383 g/mol. The molecule has 0 aliphatic heterocycles. The third kappa shape index (κ3) is 3.27. The number of aliphatic hydroxyl groups excluding tert-OH is 1. The molecule has 0 saturated heterocycles. The van der Waals surface area contributed by atoms with E-state index >= 15 is 0 Å². The van der Waals surface area contributed by atoms with Gasteiger partial charge in [0, 0.05) is 6.07 Å². The maximum absolute atomic E-state index is 14.4. The van der Waals surface area contributed by atoms with Gasteiger partial charge in [0.25, 0.3) is 0 Å². The van der Waals surface area contributed by atoms with E-state index in [2.05, 4.69) is 20.1 Å². The second kappa shape index (κ2) is 7.00. The molecule has 0 bridgehead atoms. The van der Waals surface area contributed by atoms with Gasteiger partial charge in [-0.05, 0) is 26.0 Å². The molecule has 1 aromatic carbocycles. The largest absolute Gasteiger partial charge is 0.391 e. The van der Waals surface area contributed by atoms with Crippen molar-refractivity contribution in [3.05, 3.63) is 47.1 Å².